The number of rotatable bonds is 61. The molecule has 0 amide bonds. The predicted octanol–water partition coefficient (Wildman–Crippen LogP) is 23.9. The average molecular weight is 1150 g/mol. The number of unbranched alkanes of at least 4 members (excludes halogenated alkanes) is 27. The molecule has 0 radical (unpaired) electrons. The minimum absolute atomic E-state index is 0.0922. The fourth-order valence-corrected chi connectivity index (χ4v) is 9.28. The van der Waals surface area contributed by atoms with Crippen molar-refractivity contribution in [2.75, 3.05) is 13.2 Å². The molecule has 6 heteroatoms. The van der Waals surface area contributed by atoms with Gasteiger partial charge >= 0.3 is 17.9 Å². The molecule has 1 atom stereocenters. The summed E-state index contributed by atoms with van der Waals surface area (Å²) in [7, 11) is 0. The van der Waals surface area contributed by atoms with Gasteiger partial charge in [0.15, 0.2) is 6.10 Å². The summed E-state index contributed by atoms with van der Waals surface area (Å²) in [4.78, 5) is 38.3. The van der Waals surface area contributed by atoms with Gasteiger partial charge in [0.05, 0.1) is 6.42 Å². The fourth-order valence-electron chi connectivity index (χ4n) is 9.28. The van der Waals surface area contributed by atoms with Crippen molar-refractivity contribution in [3.8, 4) is 0 Å². The third-order valence-corrected chi connectivity index (χ3v) is 14.3. The first kappa shape index (κ1) is 78.3. The first-order valence-corrected chi connectivity index (χ1v) is 34.3. The smallest absolute Gasteiger partial charge is 0.310 e. The van der Waals surface area contributed by atoms with E-state index in [0.29, 0.717) is 12.8 Å². The highest BCUT2D eigenvalue weighted by Crippen LogP contribution is 2.16. The van der Waals surface area contributed by atoms with Crippen LogP contribution in [0.2, 0.25) is 0 Å². The molecule has 0 heterocycles. The molecule has 0 bridgehead atoms. The van der Waals surface area contributed by atoms with E-state index in [1.54, 1.807) is 6.08 Å². The minimum atomic E-state index is -0.840. The maximum absolute atomic E-state index is 12.8. The summed E-state index contributed by atoms with van der Waals surface area (Å²) in [5, 5.41) is 0. The highest BCUT2D eigenvalue weighted by Gasteiger charge is 2.19. The summed E-state index contributed by atoms with van der Waals surface area (Å²) < 4.78 is 16.8. The van der Waals surface area contributed by atoms with E-state index < -0.39 is 12.1 Å². The van der Waals surface area contributed by atoms with Crippen LogP contribution in [0.15, 0.2) is 146 Å². The van der Waals surface area contributed by atoms with Gasteiger partial charge in [-0.15, -0.1) is 0 Å². The van der Waals surface area contributed by atoms with Gasteiger partial charge in [-0.05, 0) is 122 Å². The van der Waals surface area contributed by atoms with E-state index in [1.165, 1.54) is 141 Å². The van der Waals surface area contributed by atoms with Gasteiger partial charge in [0.1, 0.15) is 13.2 Å². The van der Waals surface area contributed by atoms with E-state index in [-0.39, 0.29) is 31.6 Å². The van der Waals surface area contributed by atoms with Crippen molar-refractivity contribution < 1.29 is 28.6 Å². The molecule has 0 aliphatic heterocycles. The van der Waals surface area contributed by atoms with Crippen LogP contribution in [-0.2, 0) is 28.6 Å². The number of carbonyl (C=O) groups is 3. The number of hydrogen-bond donors (Lipinski definition) is 0. The van der Waals surface area contributed by atoms with Crippen LogP contribution in [-0.4, -0.2) is 37.2 Å². The molecule has 1 unspecified atom stereocenters. The molecule has 0 aliphatic carbocycles. The molecule has 0 N–H and O–H groups in total. The zero-order valence-corrected chi connectivity index (χ0v) is 53.9. The van der Waals surface area contributed by atoms with Crippen LogP contribution in [0.3, 0.4) is 0 Å². The Bertz CT molecular complexity index is 1800. The summed E-state index contributed by atoms with van der Waals surface area (Å²) in [5.41, 5.74) is 0. The van der Waals surface area contributed by atoms with Crippen LogP contribution >= 0.6 is 0 Å². The monoisotopic (exact) mass is 1150 g/mol. The predicted molar refractivity (Wildman–Crippen MR) is 362 cm³/mol. The highest BCUT2D eigenvalue weighted by atomic mass is 16.6. The Morgan fingerprint density at radius 1 is 0.265 bits per heavy atom. The number of ether oxygens (including phenoxy) is 3. The first-order valence-electron chi connectivity index (χ1n) is 34.3. The van der Waals surface area contributed by atoms with Crippen LogP contribution in [0, 0.1) is 0 Å². The molecule has 0 aromatic heterocycles. The van der Waals surface area contributed by atoms with Crippen LogP contribution < -0.4 is 0 Å². The van der Waals surface area contributed by atoms with Crippen LogP contribution in [0.5, 0.6) is 0 Å². The van der Waals surface area contributed by atoms with Crippen molar-refractivity contribution in [3.63, 3.8) is 0 Å². The second kappa shape index (κ2) is 69.8. The molecule has 83 heavy (non-hydrogen) atoms. The lowest BCUT2D eigenvalue weighted by atomic mass is 10.0. The van der Waals surface area contributed by atoms with Gasteiger partial charge in [0, 0.05) is 12.8 Å². The van der Waals surface area contributed by atoms with Crippen LogP contribution in [0.4, 0.5) is 0 Å². The summed E-state index contributed by atoms with van der Waals surface area (Å²) >= 11 is 0. The third kappa shape index (κ3) is 68.0. The lowest BCUT2D eigenvalue weighted by Crippen LogP contribution is -2.30. The minimum Gasteiger partial charge on any atom is -0.462 e. The lowest BCUT2D eigenvalue weighted by Gasteiger charge is -2.18. The first-order chi connectivity index (χ1) is 41.0. The van der Waals surface area contributed by atoms with E-state index in [0.717, 1.165) is 122 Å². The molecule has 0 aromatic carbocycles. The molecular formula is C77H126O6. The fraction of sp³-hybridized carbons (Fsp3) is 0.649. The van der Waals surface area contributed by atoms with Crippen molar-refractivity contribution >= 4 is 17.9 Å². The molecule has 0 saturated heterocycles. The number of hydrogen-bond acceptors (Lipinski definition) is 6. The summed E-state index contributed by atoms with van der Waals surface area (Å²) in [5.74, 6) is -1.06. The molecule has 0 rings (SSSR count). The highest BCUT2D eigenvalue weighted by molar-refractivity contribution is 5.72. The Balaban J connectivity index is 4.24. The van der Waals surface area contributed by atoms with Gasteiger partial charge in [-0.25, -0.2) is 0 Å². The van der Waals surface area contributed by atoms with E-state index in [4.69, 9.17) is 14.2 Å². The standard InChI is InChI=1S/C77H126O6/c1-4-7-10-13-16-19-22-25-28-29-30-31-32-33-34-35-36-37-38-39-40-41-42-43-44-45-46-47-50-52-55-58-61-64-67-70-76(79)82-73-74(83-77(80)71-68-65-62-59-56-53-49-27-24-21-18-15-12-9-6-3)72-81-75(78)69-66-63-60-57-54-51-48-26-23-20-17-14-11-8-5-2/h7,9-10,12,16,18-19,21,25-28,30-31,33-34,36-37,48-49,56,59,65,68,74H,4-6,8,11,13-15,17,20,22-24,29,32,35,38-47,50-55,57-58,60-64,66-67,69-73H2,1-3H3/b10-7-,12-9-,19-16-,21-18-,28-25-,31-30-,34-33-,37-36-,48-26-,49-27-,59-56-,68-65-. The van der Waals surface area contributed by atoms with E-state index >= 15 is 0 Å². The molecule has 6 nitrogen and oxygen atoms in total. The quantitative estimate of drug-likeness (QED) is 0.0261. The van der Waals surface area contributed by atoms with Crippen molar-refractivity contribution in [1.29, 1.82) is 0 Å². The maximum Gasteiger partial charge on any atom is 0.310 e. The summed E-state index contributed by atoms with van der Waals surface area (Å²) in [6, 6.07) is 0. The largest absolute Gasteiger partial charge is 0.462 e. The Kier molecular flexibility index (Phi) is 65.8. The van der Waals surface area contributed by atoms with Gasteiger partial charge in [-0.1, -0.05) is 308 Å². The lowest BCUT2D eigenvalue weighted by molar-refractivity contribution is -0.166. The third-order valence-electron chi connectivity index (χ3n) is 14.3. The molecule has 0 aliphatic rings. The zero-order chi connectivity index (χ0) is 59.9. The molecule has 0 spiro atoms. The number of carbonyl (C=O) groups excluding carboxylic acids is 3. The summed E-state index contributed by atoms with van der Waals surface area (Å²) in [6.07, 6.45) is 100. The molecule has 0 aromatic rings. The van der Waals surface area contributed by atoms with Gasteiger partial charge in [-0.3, -0.25) is 14.4 Å². The average Bonchev–Trinajstić information content (AvgIpc) is 3.49. The second-order valence-corrected chi connectivity index (χ2v) is 22.3. The van der Waals surface area contributed by atoms with Crippen LogP contribution in [0.1, 0.15) is 303 Å². The van der Waals surface area contributed by atoms with Crippen molar-refractivity contribution in [1.82, 2.24) is 0 Å². The van der Waals surface area contributed by atoms with E-state index in [1.807, 2.05) is 6.08 Å². The maximum atomic E-state index is 12.8. The van der Waals surface area contributed by atoms with E-state index in [2.05, 4.69) is 154 Å². The topological polar surface area (TPSA) is 78.9 Å². The van der Waals surface area contributed by atoms with Gasteiger partial charge < -0.3 is 14.2 Å². The Morgan fingerprint density at radius 2 is 0.506 bits per heavy atom. The number of allylic oxidation sites excluding steroid dienone is 23. The zero-order valence-electron chi connectivity index (χ0n) is 53.9. The Labute approximate surface area is 512 Å². The normalized spacial score (nSPS) is 13.0. The van der Waals surface area contributed by atoms with Gasteiger partial charge in [0.2, 0.25) is 0 Å². The summed E-state index contributed by atoms with van der Waals surface area (Å²) in [6.45, 7) is 6.33. The van der Waals surface area contributed by atoms with Crippen LogP contribution in [0.25, 0.3) is 0 Å². The Morgan fingerprint density at radius 3 is 0.807 bits per heavy atom. The SMILES string of the molecule is CC/C=C\C/C=C\C/C=C\C/C=C\C/C=C\C/C=C\CCCCCCCCCCCCCCCCCCC(=O)OCC(COC(=O)CCCCCCC/C=C\CCCCCCCC)OC(=O)C/C=C\C/C=C\C/C=C\C/C=C\C/C=C\CC. The molecule has 470 valence electrons. The number of esters is 3. The molecule has 0 saturated carbocycles. The van der Waals surface area contributed by atoms with Gasteiger partial charge in [0.25, 0.3) is 0 Å². The second-order valence-electron chi connectivity index (χ2n) is 22.3. The van der Waals surface area contributed by atoms with Crippen molar-refractivity contribution in [2.45, 2.75) is 309 Å². The van der Waals surface area contributed by atoms with Gasteiger partial charge in [-0.2, -0.15) is 0 Å². The van der Waals surface area contributed by atoms with Crippen molar-refractivity contribution in [2.24, 2.45) is 0 Å². The van der Waals surface area contributed by atoms with E-state index in [9.17, 15) is 14.4 Å². The molecule has 0 fully saturated rings. The Hall–Kier alpha value is -4.71. The molecular weight excluding hydrogens is 1020 g/mol. The van der Waals surface area contributed by atoms with Crippen molar-refractivity contribution in [3.05, 3.63) is 146 Å².